The summed E-state index contributed by atoms with van der Waals surface area (Å²) in [6.07, 6.45) is 8.77. The number of amidine groups is 2. The summed E-state index contributed by atoms with van der Waals surface area (Å²) in [6, 6.07) is 0. The molecule has 0 amide bonds. The van der Waals surface area contributed by atoms with E-state index in [4.69, 9.17) is 0 Å². The number of allylic oxidation sites excluding steroid dienone is 2. The van der Waals surface area contributed by atoms with Gasteiger partial charge in [0.2, 0.25) is 5.96 Å². The van der Waals surface area contributed by atoms with Gasteiger partial charge >= 0.3 is 0 Å². The Morgan fingerprint density at radius 2 is 2.27 bits per heavy atom. The average molecular weight is 197 g/mol. The molecule has 0 unspecified atom stereocenters. The maximum absolute atomic E-state index is 4.30. The summed E-state index contributed by atoms with van der Waals surface area (Å²) in [4.78, 5) is 18.5. The molecule has 0 spiro atoms. The van der Waals surface area contributed by atoms with E-state index in [1.54, 1.807) is 11.0 Å². The van der Waals surface area contributed by atoms with Crippen LogP contribution >= 0.6 is 0 Å². The van der Waals surface area contributed by atoms with Gasteiger partial charge in [0.25, 0.3) is 0 Å². The zero-order valence-corrected chi connectivity index (χ0v) is 7.83. The highest BCUT2D eigenvalue weighted by atomic mass is 15.4. The van der Waals surface area contributed by atoms with Gasteiger partial charge in [-0.05, 0) is 18.2 Å². The Kier molecular flexibility index (Phi) is 1.53. The second-order valence-electron chi connectivity index (χ2n) is 3.04. The Morgan fingerprint density at radius 1 is 1.33 bits per heavy atom. The van der Waals surface area contributed by atoms with Crippen molar-refractivity contribution < 1.29 is 0 Å². The molecule has 72 valence electrons. The highest BCUT2D eigenvalue weighted by Gasteiger charge is 2.27. The first-order valence-electron chi connectivity index (χ1n) is 4.47. The Bertz CT molecular complexity index is 514. The highest BCUT2D eigenvalue weighted by molar-refractivity contribution is 6.18. The fourth-order valence-electron chi connectivity index (χ4n) is 1.49. The molecule has 3 aliphatic rings. The zero-order chi connectivity index (χ0) is 10.3. The molecule has 0 aromatic carbocycles. The van der Waals surface area contributed by atoms with Crippen LogP contribution in [-0.4, -0.2) is 28.9 Å². The van der Waals surface area contributed by atoms with Crippen molar-refractivity contribution in [2.45, 2.75) is 0 Å². The van der Waals surface area contributed by atoms with Crippen molar-refractivity contribution in [2.75, 3.05) is 0 Å². The van der Waals surface area contributed by atoms with Crippen LogP contribution in [0.1, 0.15) is 0 Å². The third-order valence-electron chi connectivity index (χ3n) is 2.14. The van der Waals surface area contributed by atoms with Crippen LogP contribution in [0.25, 0.3) is 0 Å². The largest absolute Gasteiger partial charge is 0.246 e. The van der Waals surface area contributed by atoms with E-state index in [0.717, 1.165) is 11.7 Å². The van der Waals surface area contributed by atoms with Gasteiger partial charge in [-0.2, -0.15) is 4.99 Å². The fourth-order valence-corrected chi connectivity index (χ4v) is 1.49. The first-order chi connectivity index (χ1) is 7.38. The molecule has 15 heavy (non-hydrogen) atoms. The lowest BCUT2D eigenvalue weighted by Crippen LogP contribution is -2.39. The van der Waals surface area contributed by atoms with Gasteiger partial charge in [-0.1, -0.05) is 12.7 Å². The lowest BCUT2D eigenvalue weighted by Gasteiger charge is -2.29. The van der Waals surface area contributed by atoms with Crippen molar-refractivity contribution in [2.24, 2.45) is 20.0 Å². The Balaban J connectivity index is 2.20. The van der Waals surface area contributed by atoms with E-state index in [9.17, 15) is 0 Å². The van der Waals surface area contributed by atoms with Crippen molar-refractivity contribution in [1.82, 2.24) is 4.90 Å². The molecular weight excluding hydrogens is 190 g/mol. The fraction of sp³-hybridized carbons (Fsp3) is 0. The van der Waals surface area contributed by atoms with Gasteiger partial charge in [0.1, 0.15) is 18.0 Å². The lowest BCUT2D eigenvalue weighted by molar-refractivity contribution is 0.713. The maximum atomic E-state index is 4.30. The van der Waals surface area contributed by atoms with Crippen LogP contribution in [0.2, 0.25) is 0 Å². The molecule has 0 aliphatic carbocycles. The minimum absolute atomic E-state index is 0.571. The summed E-state index contributed by atoms with van der Waals surface area (Å²) < 4.78 is 0. The molecule has 0 saturated heterocycles. The molecule has 5 heteroatoms. The average Bonchev–Trinajstić information content (AvgIpc) is 2.29. The maximum Gasteiger partial charge on any atom is 0.240 e. The normalized spacial score (nSPS) is 21.2. The Labute approximate surface area is 86.3 Å². The van der Waals surface area contributed by atoms with Gasteiger partial charge in [-0.3, -0.25) is 0 Å². The molecule has 3 aliphatic heterocycles. The topological polar surface area (TPSA) is 52.7 Å². The van der Waals surface area contributed by atoms with E-state index in [-0.39, 0.29) is 0 Å². The molecule has 0 N–H and O–H groups in total. The Morgan fingerprint density at radius 3 is 3.13 bits per heavy atom. The quantitative estimate of drug-likeness (QED) is 0.620. The van der Waals surface area contributed by atoms with E-state index in [1.807, 2.05) is 18.2 Å². The zero-order valence-electron chi connectivity index (χ0n) is 7.83. The minimum Gasteiger partial charge on any atom is -0.246 e. The number of aliphatic imine (C=N–C) groups is 4. The summed E-state index contributed by atoms with van der Waals surface area (Å²) in [5.41, 5.74) is 0. The van der Waals surface area contributed by atoms with Crippen LogP contribution in [0.5, 0.6) is 0 Å². The summed E-state index contributed by atoms with van der Waals surface area (Å²) in [5.74, 6) is 2.71. The van der Waals surface area contributed by atoms with Gasteiger partial charge in [-0.15, -0.1) is 0 Å². The second kappa shape index (κ2) is 2.84. The van der Waals surface area contributed by atoms with Crippen molar-refractivity contribution in [3.8, 4) is 0 Å². The summed E-state index contributed by atoms with van der Waals surface area (Å²) in [6.45, 7) is 3.64. The van der Waals surface area contributed by atoms with Crippen LogP contribution in [0.15, 0.2) is 56.7 Å². The predicted molar refractivity (Wildman–Crippen MR) is 60.1 cm³/mol. The smallest absolute Gasteiger partial charge is 0.240 e. The van der Waals surface area contributed by atoms with Gasteiger partial charge in [0.15, 0.2) is 5.84 Å². The summed E-state index contributed by atoms with van der Waals surface area (Å²) in [7, 11) is 0. The monoisotopic (exact) mass is 197 g/mol. The van der Waals surface area contributed by atoms with Gasteiger partial charge in [0.05, 0.1) is 0 Å². The molecular formula is C10H7N5. The number of hydrogen-bond donors (Lipinski definition) is 0. The van der Waals surface area contributed by atoms with E-state index >= 15 is 0 Å². The van der Waals surface area contributed by atoms with Crippen molar-refractivity contribution in [3.63, 3.8) is 0 Å². The highest BCUT2D eigenvalue weighted by Crippen LogP contribution is 2.21. The van der Waals surface area contributed by atoms with Crippen molar-refractivity contribution in [3.05, 3.63) is 36.7 Å². The van der Waals surface area contributed by atoms with E-state index in [2.05, 4.69) is 26.5 Å². The molecule has 0 radical (unpaired) electrons. The number of hydrogen-bond acceptors (Lipinski definition) is 5. The Hall–Kier alpha value is -2.30. The summed E-state index contributed by atoms with van der Waals surface area (Å²) in [5, 5.41) is 0. The first kappa shape index (κ1) is 8.05. The molecule has 0 fully saturated rings. The number of guanidine groups is 1. The molecule has 0 saturated carbocycles. The summed E-state index contributed by atoms with van der Waals surface area (Å²) >= 11 is 0. The number of rotatable bonds is 1. The number of nitrogens with zero attached hydrogens (tertiary/aromatic N) is 5. The van der Waals surface area contributed by atoms with Crippen LogP contribution in [0.4, 0.5) is 0 Å². The van der Waals surface area contributed by atoms with Gasteiger partial charge in [0, 0.05) is 0 Å². The van der Waals surface area contributed by atoms with E-state index in [1.165, 1.54) is 6.34 Å². The molecule has 0 bridgehead atoms. The minimum atomic E-state index is 0.571. The van der Waals surface area contributed by atoms with Gasteiger partial charge in [-0.25, -0.2) is 19.9 Å². The molecule has 0 aromatic rings. The van der Waals surface area contributed by atoms with Crippen LogP contribution in [-0.2, 0) is 0 Å². The second-order valence-corrected chi connectivity index (χ2v) is 3.04. The van der Waals surface area contributed by atoms with Crippen LogP contribution in [0.3, 0.4) is 0 Å². The lowest BCUT2D eigenvalue weighted by atomic mass is 10.3. The van der Waals surface area contributed by atoms with Crippen LogP contribution in [0, 0.1) is 0 Å². The molecule has 0 atom stereocenters. The molecule has 3 heterocycles. The standard InChI is InChI=1S/C10H7N5/c1-2-7-13-9-5-3-4-8-11-6-12-10(14-7)15(8)9/h2-6H,1H2. The van der Waals surface area contributed by atoms with E-state index < -0.39 is 0 Å². The first-order valence-corrected chi connectivity index (χ1v) is 4.47. The van der Waals surface area contributed by atoms with E-state index in [0.29, 0.717) is 11.8 Å². The molecule has 5 nitrogen and oxygen atoms in total. The van der Waals surface area contributed by atoms with Crippen LogP contribution < -0.4 is 0 Å². The SMILES string of the molecule is C=CC1=NC2=CC=CC3=NC=NC(=N1)N23. The van der Waals surface area contributed by atoms with Gasteiger partial charge < -0.3 is 0 Å². The predicted octanol–water partition coefficient (Wildman–Crippen LogP) is 1.09. The third kappa shape index (κ3) is 1.10. The third-order valence-corrected chi connectivity index (χ3v) is 2.14. The van der Waals surface area contributed by atoms with Crippen molar-refractivity contribution in [1.29, 1.82) is 0 Å². The molecule has 0 aromatic heterocycles. The molecule has 3 rings (SSSR count). The van der Waals surface area contributed by atoms with Crippen molar-refractivity contribution >= 4 is 24.0 Å².